The largest absolute Gasteiger partial charge is 0.456 e. The monoisotopic (exact) mass is 645 g/mol. The first-order valence-corrected chi connectivity index (χ1v) is 16.1. The van der Waals surface area contributed by atoms with E-state index in [9.17, 15) is 34.7 Å². The Labute approximate surface area is 262 Å². The molecular formula is C29H35N5O8S2. The van der Waals surface area contributed by atoms with Gasteiger partial charge in [-0.1, -0.05) is 6.92 Å². The second-order valence-corrected chi connectivity index (χ2v) is 13.6. The number of amides is 2. The molecule has 0 spiro atoms. The maximum atomic E-state index is 13.4. The van der Waals surface area contributed by atoms with Gasteiger partial charge in [0.1, 0.15) is 18.0 Å². The molecule has 2 N–H and O–H groups in total. The number of aliphatic hydroxyl groups excluding tert-OH is 2. The van der Waals surface area contributed by atoms with Gasteiger partial charge in [0, 0.05) is 59.3 Å². The molecule has 0 bridgehead atoms. The van der Waals surface area contributed by atoms with E-state index in [0.717, 1.165) is 4.91 Å². The van der Waals surface area contributed by atoms with E-state index in [2.05, 4.69) is 9.88 Å². The maximum Gasteiger partial charge on any atom is 0.356 e. The van der Waals surface area contributed by atoms with Crippen LogP contribution in [0.4, 0.5) is 10.8 Å². The Balaban J connectivity index is 1.28. The van der Waals surface area contributed by atoms with Crippen LogP contribution in [0.25, 0.3) is 0 Å². The van der Waals surface area contributed by atoms with Crippen molar-refractivity contribution < 1.29 is 34.3 Å². The number of rotatable bonds is 12. The molecule has 4 heterocycles. The van der Waals surface area contributed by atoms with Crippen LogP contribution in [0.3, 0.4) is 0 Å². The first kappa shape index (κ1) is 31.9. The number of aliphatic hydroxyl groups is 2. The minimum absolute atomic E-state index is 0.0707. The summed E-state index contributed by atoms with van der Waals surface area (Å²) in [6, 6.07) is 5.28. The average Bonchev–Trinajstić information content (AvgIpc) is 3.53. The Morgan fingerprint density at radius 2 is 1.93 bits per heavy atom. The molecule has 2 saturated heterocycles. The van der Waals surface area contributed by atoms with E-state index in [4.69, 9.17) is 4.74 Å². The average molecular weight is 646 g/mol. The number of benzene rings is 1. The van der Waals surface area contributed by atoms with Gasteiger partial charge in [0.2, 0.25) is 5.91 Å². The van der Waals surface area contributed by atoms with Crippen LogP contribution in [0.15, 0.2) is 40.2 Å². The zero-order chi connectivity index (χ0) is 31.9. The molecule has 0 unspecified atom stereocenters. The number of aromatic nitrogens is 1. The molecule has 3 aliphatic heterocycles. The fraction of sp³-hybridized carbons (Fsp3) is 0.517. The number of hydrogen-bond donors (Lipinski definition) is 2. The number of hydrogen-bond acceptors (Lipinski definition) is 12. The number of esters is 1. The van der Waals surface area contributed by atoms with E-state index in [0.29, 0.717) is 29.5 Å². The predicted molar refractivity (Wildman–Crippen MR) is 164 cm³/mol. The second kappa shape index (κ2) is 12.8. The summed E-state index contributed by atoms with van der Waals surface area (Å²) in [6.07, 6.45) is -0.863. The highest BCUT2D eigenvalue weighted by atomic mass is 32.2. The number of nitro groups is 1. The molecule has 4 atom stereocenters. The van der Waals surface area contributed by atoms with Crippen LogP contribution in [0.1, 0.15) is 43.7 Å². The minimum Gasteiger partial charge on any atom is -0.456 e. The third-order valence-corrected chi connectivity index (χ3v) is 10.5. The Hall–Kier alpha value is -3.53. The lowest BCUT2D eigenvalue weighted by Crippen LogP contribution is -2.63. The number of carbonyl (C=O) groups is 3. The van der Waals surface area contributed by atoms with Crippen LogP contribution in [-0.4, -0.2) is 97.4 Å². The van der Waals surface area contributed by atoms with Gasteiger partial charge in [0.05, 0.1) is 29.6 Å². The molecule has 0 aliphatic carbocycles. The molecule has 13 nitrogen and oxygen atoms in total. The molecule has 236 valence electrons. The van der Waals surface area contributed by atoms with Crippen molar-refractivity contribution in [1.82, 2.24) is 14.8 Å². The van der Waals surface area contributed by atoms with Crippen molar-refractivity contribution >= 4 is 51.7 Å². The number of nitro benzene ring substituents is 1. The Kier molecular flexibility index (Phi) is 9.30. The summed E-state index contributed by atoms with van der Waals surface area (Å²) in [5.74, 6) is -2.01. The topological polar surface area (TPSA) is 167 Å². The van der Waals surface area contributed by atoms with Gasteiger partial charge in [-0.3, -0.25) is 19.7 Å². The molecular weight excluding hydrogens is 610 g/mol. The molecule has 2 aromatic rings. The number of thioether (sulfide) groups is 1. The summed E-state index contributed by atoms with van der Waals surface area (Å²) < 4.78 is 5.58. The van der Waals surface area contributed by atoms with Crippen molar-refractivity contribution in [3.63, 3.8) is 0 Å². The number of ether oxygens (including phenoxy) is 1. The number of anilines is 1. The highest BCUT2D eigenvalue weighted by molar-refractivity contribution is 8.03. The van der Waals surface area contributed by atoms with Crippen molar-refractivity contribution in [1.29, 1.82) is 0 Å². The van der Waals surface area contributed by atoms with Crippen LogP contribution in [0, 0.1) is 22.0 Å². The van der Waals surface area contributed by atoms with Crippen molar-refractivity contribution in [3.05, 3.63) is 61.6 Å². The fourth-order valence-electron chi connectivity index (χ4n) is 5.81. The summed E-state index contributed by atoms with van der Waals surface area (Å²) in [4.78, 5) is 60.2. The van der Waals surface area contributed by atoms with Gasteiger partial charge in [0.15, 0.2) is 5.13 Å². The highest BCUT2D eigenvalue weighted by Gasteiger charge is 2.60. The van der Waals surface area contributed by atoms with Crippen molar-refractivity contribution in [2.75, 3.05) is 31.1 Å². The molecule has 2 fully saturated rings. The fourth-order valence-corrected chi connectivity index (χ4v) is 8.14. The zero-order valence-corrected chi connectivity index (χ0v) is 26.4. The van der Waals surface area contributed by atoms with E-state index >= 15 is 0 Å². The molecule has 44 heavy (non-hydrogen) atoms. The number of nitrogens with zero attached hydrogens (tertiary/aromatic N) is 5. The number of non-ortho nitro benzene ring substituents is 1. The van der Waals surface area contributed by atoms with E-state index in [-0.39, 0.29) is 66.2 Å². The summed E-state index contributed by atoms with van der Waals surface area (Å²) in [5.41, 5.74) is 1.02. The van der Waals surface area contributed by atoms with Crippen LogP contribution in [-0.2, 0) is 20.9 Å². The van der Waals surface area contributed by atoms with E-state index < -0.39 is 22.9 Å². The molecule has 2 amide bonds. The Bertz CT molecular complexity index is 1470. The van der Waals surface area contributed by atoms with Crippen molar-refractivity contribution in [3.8, 4) is 0 Å². The summed E-state index contributed by atoms with van der Waals surface area (Å²) in [7, 11) is 0. The minimum atomic E-state index is -0.863. The standard InChI is InChI=1S/C29H35N5O8S2/c1-15(2)32(9-10-35)26(37)21-14-43-29(30-21)31-11-20(12-31)44-25-16(3)23-22(17(4)36)27(38)33(23)24(25)28(39)42-13-18-5-7-19(8-6-18)34(40)41/h5-8,14-17,20,22-23,35-36H,9-13H2,1-4H3/t16-,17-,22-,23-/m1/s1. The van der Waals surface area contributed by atoms with Crippen LogP contribution in [0.2, 0.25) is 0 Å². The SMILES string of the molecule is CC(C)N(CCO)C(=O)c1csc(N2CC(SC3=C(C(=O)OCc4ccc([N+](=O)[O-])cc4)N4C(=O)[C@H]([C@@H](C)O)[C@H]4[C@H]3C)C2)n1. The lowest BCUT2D eigenvalue weighted by atomic mass is 9.79. The maximum absolute atomic E-state index is 13.4. The van der Waals surface area contributed by atoms with Gasteiger partial charge in [-0.2, -0.15) is 0 Å². The van der Waals surface area contributed by atoms with Gasteiger partial charge in [-0.05, 0) is 38.5 Å². The smallest absolute Gasteiger partial charge is 0.356 e. The van der Waals surface area contributed by atoms with Gasteiger partial charge in [0.25, 0.3) is 11.6 Å². The number of fused-ring (bicyclic) bond motifs is 1. The van der Waals surface area contributed by atoms with E-state index in [1.807, 2.05) is 20.8 Å². The second-order valence-electron chi connectivity index (χ2n) is 11.4. The van der Waals surface area contributed by atoms with Gasteiger partial charge in [-0.25, -0.2) is 9.78 Å². The molecule has 1 aromatic carbocycles. The van der Waals surface area contributed by atoms with Crippen molar-refractivity contribution in [2.24, 2.45) is 11.8 Å². The molecule has 15 heteroatoms. The summed E-state index contributed by atoms with van der Waals surface area (Å²) >= 11 is 2.89. The highest BCUT2D eigenvalue weighted by Crippen LogP contribution is 2.52. The van der Waals surface area contributed by atoms with Gasteiger partial charge in [-0.15, -0.1) is 23.1 Å². The Morgan fingerprint density at radius 3 is 2.52 bits per heavy atom. The van der Waals surface area contributed by atoms with E-state index in [1.165, 1.54) is 52.3 Å². The third-order valence-electron chi connectivity index (χ3n) is 8.17. The number of β-lactam (4-membered cyclic amide) rings is 1. The molecule has 0 radical (unpaired) electrons. The van der Waals surface area contributed by atoms with E-state index in [1.54, 1.807) is 17.2 Å². The first-order chi connectivity index (χ1) is 20.9. The molecule has 5 rings (SSSR count). The first-order valence-electron chi connectivity index (χ1n) is 14.4. The predicted octanol–water partition coefficient (Wildman–Crippen LogP) is 2.63. The zero-order valence-electron chi connectivity index (χ0n) is 24.8. The lowest BCUT2D eigenvalue weighted by molar-refractivity contribution is -0.384. The quantitative estimate of drug-likeness (QED) is 0.151. The molecule has 3 aliphatic rings. The number of thiazole rings is 1. The van der Waals surface area contributed by atoms with Crippen LogP contribution < -0.4 is 4.90 Å². The Morgan fingerprint density at radius 1 is 1.25 bits per heavy atom. The third kappa shape index (κ3) is 5.93. The summed E-state index contributed by atoms with van der Waals surface area (Å²) in [5, 5.41) is 33.1. The lowest BCUT2D eigenvalue weighted by Gasteiger charge is -2.46. The van der Waals surface area contributed by atoms with Crippen LogP contribution >= 0.6 is 23.1 Å². The summed E-state index contributed by atoms with van der Waals surface area (Å²) in [6.45, 7) is 8.52. The van der Waals surface area contributed by atoms with Gasteiger partial charge >= 0.3 is 5.97 Å². The van der Waals surface area contributed by atoms with Gasteiger partial charge < -0.3 is 29.6 Å². The normalized spacial score (nSPS) is 22.1. The van der Waals surface area contributed by atoms with Crippen molar-refractivity contribution in [2.45, 2.75) is 57.7 Å². The number of carbonyl (C=O) groups excluding carboxylic acids is 3. The molecule has 0 saturated carbocycles. The van der Waals surface area contributed by atoms with Crippen LogP contribution in [0.5, 0.6) is 0 Å². The molecule has 1 aromatic heterocycles.